The minimum Gasteiger partial charge on any atom is -0.495 e. The van der Waals surface area contributed by atoms with Gasteiger partial charge in [0.1, 0.15) is 5.75 Å². The number of piperidine rings is 1. The molecule has 1 aromatic carbocycles. The lowest BCUT2D eigenvalue weighted by atomic mass is 9.92. The Labute approximate surface area is 136 Å². The molecule has 0 saturated carbocycles. The second-order valence-electron chi connectivity index (χ2n) is 5.89. The van der Waals surface area contributed by atoms with Crippen LogP contribution in [0.5, 0.6) is 5.75 Å². The molecule has 0 bridgehead atoms. The SMILES string of the molecule is COc1ccc(NC(=O)CN2CCC(C)CC2CN)cc1Cl. The molecule has 122 valence electrons. The number of rotatable bonds is 5. The molecule has 1 aliphatic heterocycles. The van der Waals surface area contributed by atoms with E-state index in [1.165, 1.54) is 0 Å². The maximum atomic E-state index is 12.2. The minimum atomic E-state index is -0.0470. The zero-order valence-corrected chi connectivity index (χ0v) is 13.9. The number of anilines is 1. The maximum Gasteiger partial charge on any atom is 0.238 e. The fourth-order valence-electron chi connectivity index (χ4n) is 2.88. The number of carbonyl (C=O) groups excluding carboxylic acids is 1. The number of amides is 1. The largest absolute Gasteiger partial charge is 0.495 e. The molecule has 22 heavy (non-hydrogen) atoms. The molecule has 2 unspecified atom stereocenters. The van der Waals surface area contributed by atoms with E-state index in [1.807, 2.05) is 0 Å². The van der Waals surface area contributed by atoms with E-state index < -0.39 is 0 Å². The van der Waals surface area contributed by atoms with Crippen LogP contribution >= 0.6 is 11.6 Å². The van der Waals surface area contributed by atoms with Gasteiger partial charge in [-0.1, -0.05) is 18.5 Å². The molecule has 1 amide bonds. The van der Waals surface area contributed by atoms with Crippen LogP contribution in [-0.4, -0.2) is 43.6 Å². The van der Waals surface area contributed by atoms with Gasteiger partial charge in [0.25, 0.3) is 0 Å². The Hall–Kier alpha value is -1.30. The van der Waals surface area contributed by atoms with Gasteiger partial charge >= 0.3 is 0 Å². The molecule has 1 saturated heterocycles. The topological polar surface area (TPSA) is 67.6 Å². The summed E-state index contributed by atoms with van der Waals surface area (Å²) in [7, 11) is 1.56. The van der Waals surface area contributed by atoms with Crippen LogP contribution in [0.4, 0.5) is 5.69 Å². The highest BCUT2D eigenvalue weighted by molar-refractivity contribution is 6.32. The van der Waals surface area contributed by atoms with Crippen LogP contribution in [-0.2, 0) is 4.79 Å². The Balaban J connectivity index is 1.93. The first-order valence-electron chi connectivity index (χ1n) is 7.61. The molecular weight excluding hydrogens is 302 g/mol. The van der Waals surface area contributed by atoms with Crippen molar-refractivity contribution in [1.29, 1.82) is 0 Å². The number of hydrogen-bond acceptors (Lipinski definition) is 4. The zero-order chi connectivity index (χ0) is 16.1. The van der Waals surface area contributed by atoms with E-state index in [1.54, 1.807) is 25.3 Å². The van der Waals surface area contributed by atoms with Gasteiger partial charge in [0.05, 0.1) is 18.7 Å². The van der Waals surface area contributed by atoms with Crippen molar-refractivity contribution < 1.29 is 9.53 Å². The van der Waals surface area contributed by atoms with E-state index in [4.69, 9.17) is 22.1 Å². The smallest absolute Gasteiger partial charge is 0.238 e. The third kappa shape index (κ3) is 4.35. The van der Waals surface area contributed by atoms with Crippen molar-refractivity contribution in [2.75, 3.05) is 32.1 Å². The summed E-state index contributed by atoms with van der Waals surface area (Å²) in [6.07, 6.45) is 2.16. The molecule has 1 aromatic rings. The summed E-state index contributed by atoms with van der Waals surface area (Å²) in [6.45, 7) is 4.10. The lowest BCUT2D eigenvalue weighted by molar-refractivity contribution is -0.118. The number of nitrogens with zero attached hydrogens (tertiary/aromatic N) is 1. The third-order valence-corrected chi connectivity index (χ3v) is 4.45. The van der Waals surface area contributed by atoms with Crippen LogP contribution in [0.3, 0.4) is 0 Å². The summed E-state index contributed by atoms with van der Waals surface area (Å²) in [5.41, 5.74) is 6.50. The van der Waals surface area contributed by atoms with Gasteiger partial charge in [0.15, 0.2) is 0 Å². The first-order chi connectivity index (χ1) is 10.5. The van der Waals surface area contributed by atoms with Crippen molar-refractivity contribution in [3.8, 4) is 5.75 Å². The molecule has 0 aromatic heterocycles. The summed E-state index contributed by atoms with van der Waals surface area (Å²) in [4.78, 5) is 14.4. The van der Waals surface area contributed by atoms with E-state index in [0.29, 0.717) is 35.5 Å². The van der Waals surface area contributed by atoms with Gasteiger partial charge in [-0.05, 0) is 43.5 Å². The Bertz CT molecular complexity index is 524. The van der Waals surface area contributed by atoms with Crippen LogP contribution in [0, 0.1) is 5.92 Å². The number of ether oxygens (including phenoxy) is 1. The van der Waals surface area contributed by atoms with Crippen molar-refractivity contribution in [2.45, 2.75) is 25.8 Å². The molecule has 0 spiro atoms. The predicted octanol–water partition coefficient (Wildman–Crippen LogP) is 2.35. The molecule has 0 aliphatic carbocycles. The van der Waals surface area contributed by atoms with E-state index in [0.717, 1.165) is 19.4 Å². The average molecular weight is 326 g/mol. The van der Waals surface area contributed by atoms with Gasteiger partial charge < -0.3 is 15.8 Å². The highest BCUT2D eigenvalue weighted by atomic mass is 35.5. The van der Waals surface area contributed by atoms with Crippen LogP contribution in [0.25, 0.3) is 0 Å². The molecule has 1 heterocycles. The monoisotopic (exact) mass is 325 g/mol. The second kappa shape index (κ2) is 7.81. The fraction of sp³-hybridized carbons (Fsp3) is 0.562. The first kappa shape index (κ1) is 17.1. The Morgan fingerprint density at radius 2 is 2.32 bits per heavy atom. The average Bonchev–Trinajstić information content (AvgIpc) is 2.49. The Kier molecular flexibility index (Phi) is 6.06. The number of likely N-dealkylation sites (tertiary alicyclic amines) is 1. The quantitative estimate of drug-likeness (QED) is 0.872. The van der Waals surface area contributed by atoms with Crippen molar-refractivity contribution in [2.24, 2.45) is 11.7 Å². The van der Waals surface area contributed by atoms with Crippen molar-refractivity contribution in [3.63, 3.8) is 0 Å². The minimum absolute atomic E-state index is 0.0470. The molecule has 2 rings (SSSR count). The number of halogens is 1. The molecule has 5 nitrogen and oxygen atoms in total. The van der Waals surface area contributed by atoms with Gasteiger partial charge in [-0.25, -0.2) is 0 Å². The lowest BCUT2D eigenvalue weighted by Gasteiger charge is -2.37. The zero-order valence-electron chi connectivity index (χ0n) is 13.1. The van der Waals surface area contributed by atoms with Gasteiger partial charge in [-0.3, -0.25) is 9.69 Å². The Morgan fingerprint density at radius 1 is 1.55 bits per heavy atom. The summed E-state index contributed by atoms with van der Waals surface area (Å²) in [6, 6.07) is 5.50. The molecule has 6 heteroatoms. The second-order valence-corrected chi connectivity index (χ2v) is 6.29. The summed E-state index contributed by atoms with van der Waals surface area (Å²) in [5, 5.41) is 3.35. The molecule has 1 fully saturated rings. The highest BCUT2D eigenvalue weighted by Crippen LogP contribution is 2.27. The van der Waals surface area contributed by atoms with E-state index >= 15 is 0 Å². The number of carbonyl (C=O) groups is 1. The molecule has 3 N–H and O–H groups in total. The number of nitrogens with two attached hydrogens (primary N) is 1. The van der Waals surface area contributed by atoms with Gasteiger partial charge in [0, 0.05) is 18.3 Å². The van der Waals surface area contributed by atoms with Gasteiger partial charge in [-0.15, -0.1) is 0 Å². The van der Waals surface area contributed by atoms with Gasteiger partial charge in [-0.2, -0.15) is 0 Å². The number of benzene rings is 1. The van der Waals surface area contributed by atoms with Crippen LogP contribution in [0.1, 0.15) is 19.8 Å². The Morgan fingerprint density at radius 3 is 2.95 bits per heavy atom. The molecular formula is C16H24ClN3O2. The number of hydrogen-bond donors (Lipinski definition) is 2. The number of nitrogens with one attached hydrogen (secondary N) is 1. The van der Waals surface area contributed by atoms with E-state index in [9.17, 15) is 4.79 Å². The summed E-state index contributed by atoms with van der Waals surface area (Å²) in [5.74, 6) is 1.22. The standard InChI is InChI=1S/C16H24ClN3O2/c1-11-5-6-20(13(7-11)9-18)10-16(21)19-12-3-4-15(22-2)14(17)8-12/h3-4,8,11,13H,5-7,9-10,18H2,1-2H3,(H,19,21). The lowest BCUT2D eigenvalue weighted by Crippen LogP contribution is -2.49. The molecule has 0 radical (unpaired) electrons. The normalized spacial score (nSPS) is 22.4. The fourth-order valence-corrected chi connectivity index (χ4v) is 3.14. The van der Waals surface area contributed by atoms with Crippen LogP contribution in [0.15, 0.2) is 18.2 Å². The van der Waals surface area contributed by atoms with E-state index in [2.05, 4.69) is 17.1 Å². The van der Waals surface area contributed by atoms with Crippen molar-refractivity contribution in [1.82, 2.24) is 4.90 Å². The van der Waals surface area contributed by atoms with Gasteiger partial charge in [0.2, 0.25) is 5.91 Å². The maximum absolute atomic E-state index is 12.2. The summed E-state index contributed by atoms with van der Waals surface area (Å²) >= 11 is 6.06. The van der Waals surface area contributed by atoms with Crippen LogP contribution < -0.4 is 15.8 Å². The third-order valence-electron chi connectivity index (χ3n) is 4.15. The summed E-state index contributed by atoms with van der Waals surface area (Å²) < 4.78 is 5.10. The van der Waals surface area contributed by atoms with Crippen LogP contribution in [0.2, 0.25) is 5.02 Å². The highest BCUT2D eigenvalue weighted by Gasteiger charge is 2.26. The van der Waals surface area contributed by atoms with E-state index in [-0.39, 0.29) is 11.9 Å². The number of methoxy groups -OCH3 is 1. The van der Waals surface area contributed by atoms with Crippen molar-refractivity contribution >= 4 is 23.2 Å². The molecule has 1 aliphatic rings. The van der Waals surface area contributed by atoms with Crippen molar-refractivity contribution in [3.05, 3.63) is 23.2 Å². The molecule has 2 atom stereocenters. The predicted molar refractivity (Wildman–Crippen MR) is 89.4 cm³/mol. The first-order valence-corrected chi connectivity index (χ1v) is 7.98.